The van der Waals surface area contributed by atoms with Gasteiger partial charge in [0.15, 0.2) is 0 Å². The van der Waals surface area contributed by atoms with Crippen molar-refractivity contribution in [1.29, 1.82) is 0 Å². The number of rotatable bonds is 9. The molecule has 6 nitrogen and oxygen atoms in total. The van der Waals surface area contributed by atoms with E-state index in [0.29, 0.717) is 29.8 Å². The summed E-state index contributed by atoms with van der Waals surface area (Å²) in [5.41, 5.74) is 2.05. The molecule has 2 N–H and O–H groups in total. The van der Waals surface area contributed by atoms with Crippen molar-refractivity contribution in [3.8, 4) is 16.9 Å². The topological polar surface area (TPSA) is 78.9 Å². The average molecular weight is 499 g/mol. The van der Waals surface area contributed by atoms with Crippen LogP contribution in [0.25, 0.3) is 11.1 Å². The third-order valence-corrected chi connectivity index (χ3v) is 5.96. The Hall–Kier alpha value is -3.85. The molecule has 0 bridgehead atoms. The second-order valence-electron chi connectivity index (χ2n) is 8.43. The first-order chi connectivity index (χ1) is 17.2. The van der Waals surface area contributed by atoms with E-state index in [9.17, 15) is 22.8 Å². The van der Waals surface area contributed by atoms with E-state index in [0.717, 1.165) is 17.3 Å². The van der Waals surface area contributed by atoms with Gasteiger partial charge in [0.25, 0.3) is 0 Å². The minimum absolute atomic E-state index is 0.0180. The Labute approximate surface area is 206 Å². The molecule has 0 fully saturated rings. The molecule has 0 aliphatic carbocycles. The molecular formula is C27H25F3N2O4. The molecule has 0 radical (unpaired) electrons. The molecule has 0 aromatic heterocycles. The number of hydrogen-bond donors (Lipinski definition) is 2. The maximum absolute atomic E-state index is 13.8. The summed E-state index contributed by atoms with van der Waals surface area (Å²) in [5.74, 6) is -0.701. The number of carboxylic acids is 1. The largest absolute Gasteiger partial charge is 0.489 e. The van der Waals surface area contributed by atoms with Crippen molar-refractivity contribution in [2.75, 3.05) is 24.5 Å². The smallest absolute Gasteiger partial charge is 0.416 e. The van der Waals surface area contributed by atoms with Gasteiger partial charge in [-0.15, -0.1) is 0 Å². The van der Waals surface area contributed by atoms with E-state index < -0.39 is 17.7 Å². The average Bonchev–Trinajstić information content (AvgIpc) is 3.28. The molecule has 1 heterocycles. The summed E-state index contributed by atoms with van der Waals surface area (Å²) >= 11 is 0. The van der Waals surface area contributed by atoms with Gasteiger partial charge < -0.3 is 20.1 Å². The number of carboxylic acid groups (broad SMARTS) is 1. The maximum Gasteiger partial charge on any atom is 0.416 e. The number of benzene rings is 3. The van der Waals surface area contributed by atoms with Gasteiger partial charge in [-0.25, -0.2) is 0 Å². The Morgan fingerprint density at radius 3 is 2.50 bits per heavy atom. The molecule has 1 amide bonds. The van der Waals surface area contributed by atoms with E-state index in [1.54, 1.807) is 53.4 Å². The van der Waals surface area contributed by atoms with Gasteiger partial charge in [-0.3, -0.25) is 9.59 Å². The number of aliphatic carboxylic acids is 1. The number of nitrogens with zero attached hydrogens (tertiary/aromatic N) is 1. The van der Waals surface area contributed by atoms with Gasteiger partial charge in [0.2, 0.25) is 5.91 Å². The molecule has 0 saturated heterocycles. The zero-order valence-corrected chi connectivity index (χ0v) is 19.3. The first-order valence-corrected chi connectivity index (χ1v) is 11.5. The summed E-state index contributed by atoms with van der Waals surface area (Å²) in [7, 11) is 0. The standard InChI is InChI=1S/C27H25F3N2O4/c28-27(29,30)23-15-19(18-4-2-1-3-5-18)6-7-21(23)17-36-22-8-9-24-20(14-22)11-13-32(24)25(33)16-31-12-10-26(34)35/h1-9,14-15,31H,10-13,16-17H2,(H,34,35). The van der Waals surface area contributed by atoms with Crippen molar-refractivity contribution in [2.45, 2.75) is 25.6 Å². The van der Waals surface area contributed by atoms with Crippen molar-refractivity contribution in [2.24, 2.45) is 0 Å². The van der Waals surface area contributed by atoms with Gasteiger partial charge in [0.1, 0.15) is 12.4 Å². The summed E-state index contributed by atoms with van der Waals surface area (Å²) in [6.07, 6.45) is -4.01. The molecule has 0 saturated carbocycles. The van der Waals surface area contributed by atoms with Crippen LogP contribution in [0.4, 0.5) is 18.9 Å². The molecule has 1 aliphatic heterocycles. The van der Waals surface area contributed by atoms with Gasteiger partial charge in [0.05, 0.1) is 18.5 Å². The van der Waals surface area contributed by atoms with Gasteiger partial charge in [0, 0.05) is 24.3 Å². The van der Waals surface area contributed by atoms with E-state index in [4.69, 9.17) is 9.84 Å². The summed E-state index contributed by atoms with van der Waals surface area (Å²) in [4.78, 5) is 24.7. The van der Waals surface area contributed by atoms with Crippen LogP contribution in [0.5, 0.6) is 5.75 Å². The highest BCUT2D eigenvalue weighted by molar-refractivity contribution is 5.96. The molecule has 0 unspecified atom stereocenters. The van der Waals surface area contributed by atoms with Crippen LogP contribution in [-0.4, -0.2) is 36.6 Å². The first-order valence-electron chi connectivity index (χ1n) is 11.5. The van der Waals surface area contributed by atoms with Crippen LogP contribution in [0, 0.1) is 0 Å². The van der Waals surface area contributed by atoms with Crippen LogP contribution < -0.4 is 15.0 Å². The number of nitrogens with one attached hydrogen (secondary N) is 1. The number of ether oxygens (including phenoxy) is 1. The van der Waals surface area contributed by atoms with Crippen molar-refractivity contribution >= 4 is 17.6 Å². The number of carbonyl (C=O) groups excluding carboxylic acids is 1. The second kappa shape index (κ2) is 10.8. The number of anilines is 1. The third kappa shape index (κ3) is 6.04. The highest BCUT2D eigenvalue weighted by atomic mass is 19.4. The molecule has 0 spiro atoms. The second-order valence-corrected chi connectivity index (χ2v) is 8.43. The summed E-state index contributed by atoms with van der Waals surface area (Å²) in [5, 5.41) is 11.5. The highest BCUT2D eigenvalue weighted by Gasteiger charge is 2.34. The van der Waals surface area contributed by atoms with Crippen molar-refractivity contribution in [1.82, 2.24) is 5.32 Å². The Balaban J connectivity index is 1.43. The van der Waals surface area contributed by atoms with Crippen LogP contribution in [0.1, 0.15) is 23.1 Å². The number of hydrogen-bond acceptors (Lipinski definition) is 4. The van der Waals surface area contributed by atoms with E-state index in [1.807, 2.05) is 6.07 Å². The van der Waals surface area contributed by atoms with Gasteiger partial charge in [-0.05, 0) is 47.4 Å². The third-order valence-electron chi connectivity index (χ3n) is 5.96. The molecule has 0 atom stereocenters. The minimum atomic E-state index is -4.53. The van der Waals surface area contributed by atoms with E-state index in [-0.39, 0.29) is 37.6 Å². The predicted octanol–water partition coefficient (Wildman–Crippen LogP) is 4.90. The van der Waals surface area contributed by atoms with Gasteiger partial charge >= 0.3 is 12.1 Å². The molecular weight excluding hydrogens is 473 g/mol. The normalized spacial score (nSPS) is 12.9. The van der Waals surface area contributed by atoms with Crippen LogP contribution in [0.15, 0.2) is 66.7 Å². The van der Waals surface area contributed by atoms with Gasteiger partial charge in [-0.1, -0.05) is 42.5 Å². The molecule has 3 aromatic carbocycles. The molecule has 188 valence electrons. The van der Waals surface area contributed by atoms with E-state index in [2.05, 4.69) is 5.32 Å². The molecule has 3 aromatic rings. The lowest BCUT2D eigenvalue weighted by atomic mass is 9.99. The fourth-order valence-electron chi connectivity index (χ4n) is 4.15. The zero-order chi connectivity index (χ0) is 25.7. The van der Waals surface area contributed by atoms with Gasteiger partial charge in [-0.2, -0.15) is 13.2 Å². The Kier molecular flexibility index (Phi) is 7.59. The number of carbonyl (C=O) groups is 2. The molecule has 9 heteroatoms. The maximum atomic E-state index is 13.8. The quantitative estimate of drug-likeness (QED) is 0.410. The molecule has 1 aliphatic rings. The van der Waals surface area contributed by atoms with Crippen LogP contribution in [0.2, 0.25) is 0 Å². The SMILES string of the molecule is O=C(O)CCNCC(=O)N1CCc2cc(OCc3ccc(-c4ccccc4)cc3C(F)(F)F)ccc21. The molecule has 36 heavy (non-hydrogen) atoms. The van der Waals surface area contributed by atoms with E-state index in [1.165, 1.54) is 6.07 Å². The van der Waals surface area contributed by atoms with Crippen molar-refractivity contribution in [3.05, 3.63) is 83.4 Å². The lowest BCUT2D eigenvalue weighted by Crippen LogP contribution is -2.37. The van der Waals surface area contributed by atoms with E-state index >= 15 is 0 Å². The fraction of sp³-hybridized carbons (Fsp3) is 0.259. The summed E-state index contributed by atoms with van der Waals surface area (Å²) in [6, 6.07) is 18.2. The van der Waals surface area contributed by atoms with Crippen LogP contribution in [-0.2, 0) is 28.8 Å². The Morgan fingerprint density at radius 1 is 1.00 bits per heavy atom. The summed E-state index contributed by atoms with van der Waals surface area (Å²) in [6.45, 7) is 0.432. The number of alkyl halides is 3. The first kappa shape index (κ1) is 25.2. The molecule has 4 rings (SSSR count). The van der Waals surface area contributed by atoms with Crippen LogP contribution in [0.3, 0.4) is 0 Å². The minimum Gasteiger partial charge on any atom is -0.489 e. The highest BCUT2D eigenvalue weighted by Crippen LogP contribution is 2.36. The summed E-state index contributed by atoms with van der Waals surface area (Å²) < 4.78 is 47.1. The number of halogens is 3. The lowest BCUT2D eigenvalue weighted by molar-refractivity contribution is -0.139. The number of amides is 1. The Bertz CT molecular complexity index is 1250. The van der Waals surface area contributed by atoms with Crippen LogP contribution >= 0.6 is 0 Å². The zero-order valence-electron chi connectivity index (χ0n) is 19.3. The van der Waals surface area contributed by atoms with Crippen molar-refractivity contribution in [3.63, 3.8) is 0 Å². The Morgan fingerprint density at radius 2 is 1.78 bits per heavy atom. The van der Waals surface area contributed by atoms with Crippen molar-refractivity contribution < 1.29 is 32.6 Å². The fourth-order valence-corrected chi connectivity index (χ4v) is 4.15. The monoisotopic (exact) mass is 498 g/mol. The predicted molar refractivity (Wildman–Crippen MR) is 129 cm³/mol. The lowest BCUT2D eigenvalue weighted by Gasteiger charge is -2.18. The number of fused-ring (bicyclic) bond motifs is 1.